The lowest BCUT2D eigenvalue weighted by Gasteiger charge is -2.16. The van der Waals surface area contributed by atoms with Crippen LogP contribution in [-0.2, 0) is 0 Å². The van der Waals surface area contributed by atoms with E-state index in [1.54, 1.807) is 6.07 Å². The molecule has 1 aromatic rings. The molecule has 90 valence electrons. The minimum Gasteiger partial charge on any atom is -0.340 e. The van der Waals surface area contributed by atoms with Crippen LogP contribution in [0, 0.1) is 24.2 Å². The molecule has 2 heterocycles. The summed E-state index contributed by atoms with van der Waals surface area (Å²) >= 11 is 0. The molecule has 0 amide bonds. The van der Waals surface area contributed by atoms with Crippen LogP contribution in [0.1, 0.15) is 37.6 Å². The zero-order valence-corrected chi connectivity index (χ0v) is 10.5. The van der Waals surface area contributed by atoms with Gasteiger partial charge in [-0.1, -0.05) is 13.3 Å². The second kappa shape index (κ2) is 5.13. The molecule has 1 fully saturated rings. The standard InChI is InChI=1S/C13H18N4/c1-3-4-11-5-6-17(9-11)13-15-10(2)7-12(8-14)16-13/h7,11H,3-6,9H2,1-2H3. The SMILES string of the molecule is CCCC1CCN(c2nc(C)cc(C#N)n2)C1. The van der Waals surface area contributed by atoms with Crippen LogP contribution < -0.4 is 4.90 Å². The predicted octanol–water partition coefficient (Wildman–Crippen LogP) is 2.28. The van der Waals surface area contributed by atoms with Gasteiger partial charge in [-0.25, -0.2) is 9.97 Å². The lowest BCUT2D eigenvalue weighted by atomic mass is 10.0. The van der Waals surface area contributed by atoms with Crippen molar-refractivity contribution in [1.82, 2.24) is 9.97 Å². The fraction of sp³-hybridized carbons (Fsp3) is 0.615. The van der Waals surface area contributed by atoms with Gasteiger partial charge in [-0.3, -0.25) is 0 Å². The van der Waals surface area contributed by atoms with Crippen LogP contribution in [0.25, 0.3) is 0 Å². The summed E-state index contributed by atoms with van der Waals surface area (Å²) in [6, 6.07) is 3.82. The third-order valence-corrected chi connectivity index (χ3v) is 3.22. The number of nitriles is 1. The van der Waals surface area contributed by atoms with E-state index in [4.69, 9.17) is 5.26 Å². The highest BCUT2D eigenvalue weighted by Crippen LogP contribution is 2.24. The molecular weight excluding hydrogens is 212 g/mol. The molecule has 1 aromatic heterocycles. The molecule has 0 saturated carbocycles. The van der Waals surface area contributed by atoms with Crippen molar-refractivity contribution in [3.05, 3.63) is 17.5 Å². The maximum Gasteiger partial charge on any atom is 0.226 e. The quantitative estimate of drug-likeness (QED) is 0.799. The molecule has 0 radical (unpaired) electrons. The Kier molecular flexibility index (Phi) is 3.58. The molecule has 1 unspecified atom stereocenters. The van der Waals surface area contributed by atoms with Crippen molar-refractivity contribution in [2.24, 2.45) is 5.92 Å². The molecular formula is C13H18N4. The molecule has 0 bridgehead atoms. The Hall–Kier alpha value is -1.63. The summed E-state index contributed by atoms with van der Waals surface area (Å²) in [4.78, 5) is 10.9. The summed E-state index contributed by atoms with van der Waals surface area (Å²) in [7, 11) is 0. The summed E-state index contributed by atoms with van der Waals surface area (Å²) < 4.78 is 0. The smallest absolute Gasteiger partial charge is 0.226 e. The Morgan fingerprint density at radius 1 is 1.53 bits per heavy atom. The van der Waals surface area contributed by atoms with Gasteiger partial charge in [0.1, 0.15) is 11.8 Å². The van der Waals surface area contributed by atoms with Gasteiger partial charge in [0.05, 0.1) is 0 Å². The molecule has 0 aliphatic carbocycles. The van der Waals surface area contributed by atoms with Gasteiger partial charge in [0.15, 0.2) is 0 Å². The molecule has 2 rings (SSSR count). The van der Waals surface area contributed by atoms with Gasteiger partial charge < -0.3 is 4.90 Å². The summed E-state index contributed by atoms with van der Waals surface area (Å²) in [6.45, 7) is 6.17. The number of nitrogens with zero attached hydrogens (tertiary/aromatic N) is 4. The van der Waals surface area contributed by atoms with Crippen molar-refractivity contribution in [2.75, 3.05) is 18.0 Å². The van der Waals surface area contributed by atoms with Crippen molar-refractivity contribution >= 4 is 5.95 Å². The fourth-order valence-electron chi connectivity index (χ4n) is 2.41. The average molecular weight is 230 g/mol. The summed E-state index contributed by atoms with van der Waals surface area (Å²) in [5, 5.41) is 8.91. The van der Waals surface area contributed by atoms with E-state index in [1.807, 2.05) is 6.92 Å². The Morgan fingerprint density at radius 3 is 3.06 bits per heavy atom. The molecule has 1 aliphatic heterocycles. The van der Waals surface area contributed by atoms with Gasteiger partial charge in [-0.15, -0.1) is 0 Å². The molecule has 0 aromatic carbocycles. The number of anilines is 1. The topological polar surface area (TPSA) is 52.8 Å². The Balaban J connectivity index is 2.13. The van der Waals surface area contributed by atoms with Gasteiger partial charge in [-0.2, -0.15) is 5.26 Å². The third kappa shape index (κ3) is 2.73. The largest absolute Gasteiger partial charge is 0.340 e. The van der Waals surface area contributed by atoms with Crippen molar-refractivity contribution in [3.8, 4) is 6.07 Å². The number of aryl methyl sites for hydroxylation is 1. The predicted molar refractivity (Wildman–Crippen MR) is 66.7 cm³/mol. The highest BCUT2D eigenvalue weighted by Gasteiger charge is 2.23. The highest BCUT2D eigenvalue weighted by atomic mass is 15.3. The average Bonchev–Trinajstić information content (AvgIpc) is 2.77. The zero-order valence-electron chi connectivity index (χ0n) is 10.5. The first kappa shape index (κ1) is 11.8. The number of aromatic nitrogens is 2. The Morgan fingerprint density at radius 2 is 2.35 bits per heavy atom. The molecule has 1 saturated heterocycles. The van der Waals surface area contributed by atoms with Gasteiger partial charge in [0.2, 0.25) is 5.95 Å². The van der Waals surface area contributed by atoms with Crippen LogP contribution >= 0.6 is 0 Å². The van der Waals surface area contributed by atoms with Crippen LogP contribution in [0.15, 0.2) is 6.07 Å². The second-order valence-corrected chi connectivity index (χ2v) is 4.70. The van der Waals surface area contributed by atoms with Gasteiger partial charge in [0, 0.05) is 18.8 Å². The van der Waals surface area contributed by atoms with Crippen molar-refractivity contribution in [2.45, 2.75) is 33.1 Å². The number of hydrogen-bond donors (Lipinski definition) is 0. The maximum atomic E-state index is 8.91. The molecule has 0 spiro atoms. The molecule has 4 heteroatoms. The highest BCUT2D eigenvalue weighted by molar-refractivity contribution is 5.37. The molecule has 17 heavy (non-hydrogen) atoms. The van der Waals surface area contributed by atoms with E-state index in [2.05, 4.69) is 27.9 Å². The third-order valence-electron chi connectivity index (χ3n) is 3.22. The number of rotatable bonds is 3. The monoisotopic (exact) mass is 230 g/mol. The van der Waals surface area contributed by atoms with E-state index in [-0.39, 0.29) is 0 Å². The summed E-state index contributed by atoms with van der Waals surface area (Å²) in [6.07, 6.45) is 3.72. The van der Waals surface area contributed by atoms with Crippen LogP contribution in [0.5, 0.6) is 0 Å². The van der Waals surface area contributed by atoms with Crippen molar-refractivity contribution < 1.29 is 0 Å². The second-order valence-electron chi connectivity index (χ2n) is 4.70. The lowest BCUT2D eigenvalue weighted by Crippen LogP contribution is -2.22. The van der Waals surface area contributed by atoms with Crippen LogP contribution in [0.2, 0.25) is 0 Å². The minimum atomic E-state index is 0.464. The van der Waals surface area contributed by atoms with E-state index in [0.717, 1.165) is 30.6 Å². The van der Waals surface area contributed by atoms with Crippen LogP contribution in [0.4, 0.5) is 5.95 Å². The van der Waals surface area contributed by atoms with E-state index >= 15 is 0 Å². The van der Waals surface area contributed by atoms with Crippen LogP contribution in [0.3, 0.4) is 0 Å². The first-order chi connectivity index (χ1) is 8.22. The normalized spacial score (nSPS) is 19.4. The Labute approximate surface area is 102 Å². The van der Waals surface area contributed by atoms with E-state index in [9.17, 15) is 0 Å². The summed E-state index contributed by atoms with van der Waals surface area (Å²) in [5.74, 6) is 1.48. The fourth-order valence-corrected chi connectivity index (χ4v) is 2.41. The van der Waals surface area contributed by atoms with Crippen LogP contribution in [-0.4, -0.2) is 23.1 Å². The number of hydrogen-bond acceptors (Lipinski definition) is 4. The Bertz CT molecular complexity index is 436. The molecule has 1 atom stereocenters. The van der Waals surface area contributed by atoms with E-state index in [0.29, 0.717) is 5.69 Å². The summed E-state index contributed by atoms with van der Waals surface area (Å²) in [5.41, 5.74) is 1.33. The molecule has 4 nitrogen and oxygen atoms in total. The zero-order chi connectivity index (χ0) is 12.3. The van der Waals surface area contributed by atoms with E-state index in [1.165, 1.54) is 19.3 Å². The van der Waals surface area contributed by atoms with E-state index < -0.39 is 0 Å². The lowest BCUT2D eigenvalue weighted by molar-refractivity contribution is 0.529. The maximum absolute atomic E-state index is 8.91. The van der Waals surface area contributed by atoms with Gasteiger partial charge in [0.25, 0.3) is 0 Å². The van der Waals surface area contributed by atoms with Crippen molar-refractivity contribution in [1.29, 1.82) is 5.26 Å². The first-order valence-electron chi connectivity index (χ1n) is 6.23. The molecule has 0 N–H and O–H groups in total. The van der Waals surface area contributed by atoms with Gasteiger partial charge in [-0.05, 0) is 31.7 Å². The molecule has 1 aliphatic rings. The first-order valence-corrected chi connectivity index (χ1v) is 6.23. The minimum absolute atomic E-state index is 0.464. The van der Waals surface area contributed by atoms with Crippen molar-refractivity contribution in [3.63, 3.8) is 0 Å². The van der Waals surface area contributed by atoms with Gasteiger partial charge >= 0.3 is 0 Å².